The molecule has 0 heterocycles. The maximum Gasteiger partial charge on any atom is 0.0253 e. The Bertz CT molecular complexity index is 882. The van der Waals surface area contributed by atoms with Crippen molar-refractivity contribution in [2.24, 2.45) is 0 Å². The molecule has 0 saturated heterocycles. The quantitative estimate of drug-likeness (QED) is 0.494. The largest absolute Gasteiger partial charge is 0.0765 e. The highest BCUT2D eigenvalue weighted by atomic mass is 79.9. The fraction of sp³-hybridized carbons (Fsp3) is 0.100. The van der Waals surface area contributed by atoms with Crippen molar-refractivity contribution in [1.29, 1.82) is 0 Å². The minimum absolute atomic E-state index is 1.03. The number of rotatable bonds is 1. The highest BCUT2D eigenvalue weighted by Crippen LogP contribution is 2.41. The van der Waals surface area contributed by atoms with Crippen molar-refractivity contribution in [3.05, 3.63) is 76.3 Å². The Labute approximate surface area is 133 Å². The fourth-order valence-electron chi connectivity index (χ4n) is 3.33. The maximum absolute atomic E-state index is 3.70. The summed E-state index contributed by atoms with van der Waals surface area (Å²) in [6.07, 6.45) is 3.35. The Hall–Kier alpha value is -1.86. The van der Waals surface area contributed by atoms with E-state index >= 15 is 0 Å². The van der Waals surface area contributed by atoms with Crippen LogP contribution in [0.4, 0.5) is 0 Å². The fourth-order valence-corrected chi connectivity index (χ4v) is 4.01. The molecule has 0 spiro atoms. The molecule has 0 radical (unpaired) electrons. The van der Waals surface area contributed by atoms with Gasteiger partial charge in [0.2, 0.25) is 0 Å². The SMILES string of the molecule is CC1=CCc2c(-c3cccc4ccccc34)ccc(Br)c21. The first kappa shape index (κ1) is 12.8. The molecule has 3 aromatic rings. The molecule has 0 bridgehead atoms. The monoisotopic (exact) mass is 334 g/mol. The third kappa shape index (κ3) is 1.96. The summed E-state index contributed by atoms with van der Waals surface area (Å²) in [4.78, 5) is 0. The number of hydrogen-bond donors (Lipinski definition) is 0. The number of hydrogen-bond acceptors (Lipinski definition) is 0. The molecule has 21 heavy (non-hydrogen) atoms. The molecule has 0 saturated carbocycles. The molecule has 0 amide bonds. The van der Waals surface area contributed by atoms with E-state index in [9.17, 15) is 0 Å². The Morgan fingerprint density at radius 1 is 0.857 bits per heavy atom. The molecule has 0 atom stereocenters. The van der Waals surface area contributed by atoms with Crippen molar-refractivity contribution in [3.63, 3.8) is 0 Å². The van der Waals surface area contributed by atoms with Gasteiger partial charge >= 0.3 is 0 Å². The molecule has 1 heteroatoms. The molecule has 3 aromatic carbocycles. The van der Waals surface area contributed by atoms with Crippen molar-refractivity contribution in [2.75, 3.05) is 0 Å². The van der Waals surface area contributed by atoms with Gasteiger partial charge in [-0.15, -0.1) is 0 Å². The van der Waals surface area contributed by atoms with Crippen molar-refractivity contribution in [2.45, 2.75) is 13.3 Å². The predicted molar refractivity (Wildman–Crippen MR) is 94.4 cm³/mol. The normalized spacial score (nSPS) is 13.3. The Morgan fingerprint density at radius 3 is 2.57 bits per heavy atom. The highest BCUT2D eigenvalue weighted by Gasteiger charge is 2.19. The average Bonchev–Trinajstić information content (AvgIpc) is 2.90. The van der Waals surface area contributed by atoms with E-state index in [1.165, 1.54) is 43.1 Å². The van der Waals surface area contributed by atoms with E-state index in [1.807, 2.05) is 0 Å². The van der Waals surface area contributed by atoms with Gasteiger partial charge in [-0.2, -0.15) is 0 Å². The number of allylic oxidation sites excluding steroid dienone is 2. The van der Waals surface area contributed by atoms with Gasteiger partial charge in [-0.3, -0.25) is 0 Å². The molecular weight excluding hydrogens is 320 g/mol. The van der Waals surface area contributed by atoms with Crippen molar-refractivity contribution in [1.82, 2.24) is 0 Å². The second kappa shape index (κ2) is 4.85. The van der Waals surface area contributed by atoms with E-state index in [2.05, 4.69) is 83.5 Å². The number of halogens is 1. The Kier molecular flexibility index (Phi) is 2.97. The lowest BCUT2D eigenvalue weighted by molar-refractivity contribution is 1.30. The zero-order valence-electron chi connectivity index (χ0n) is 11.9. The zero-order valence-corrected chi connectivity index (χ0v) is 13.4. The number of benzene rings is 3. The molecule has 0 aliphatic heterocycles. The van der Waals surface area contributed by atoms with Gasteiger partial charge in [0.15, 0.2) is 0 Å². The minimum atomic E-state index is 1.03. The topological polar surface area (TPSA) is 0 Å². The van der Waals surface area contributed by atoms with Crippen LogP contribution in [0.3, 0.4) is 0 Å². The molecule has 0 nitrogen and oxygen atoms in total. The van der Waals surface area contributed by atoms with Gasteiger partial charge in [0.1, 0.15) is 0 Å². The van der Waals surface area contributed by atoms with E-state index in [1.54, 1.807) is 0 Å². The second-order valence-corrected chi connectivity index (χ2v) is 6.42. The summed E-state index contributed by atoms with van der Waals surface area (Å²) in [7, 11) is 0. The first-order valence-electron chi connectivity index (χ1n) is 7.22. The summed E-state index contributed by atoms with van der Waals surface area (Å²) in [5, 5.41) is 2.63. The van der Waals surface area contributed by atoms with Crippen LogP contribution in [0.1, 0.15) is 18.1 Å². The van der Waals surface area contributed by atoms with Crippen LogP contribution in [0.5, 0.6) is 0 Å². The van der Waals surface area contributed by atoms with Gasteiger partial charge in [0, 0.05) is 4.47 Å². The van der Waals surface area contributed by atoms with E-state index < -0.39 is 0 Å². The van der Waals surface area contributed by atoms with E-state index in [0.717, 1.165) is 6.42 Å². The van der Waals surface area contributed by atoms with Crippen LogP contribution in [0, 0.1) is 0 Å². The summed E-state index contributed by atoms with van der Waals surface area (Å²) in [6.45, 7) is 2.20. The summed E-state index contributed by atoms with van der Waals surface area (Å²) < 4.78 is 1.20. The molecule has 0 unspecified atom stereocenters. The van der Waals surface area contributed by atoms with Crippen LogP contribution in [0.15, 0.2) is 65.1 Å². The molecule has 4 rings (SSSR count). The smallest absolute Gasteiger partial charge is 0.0253 e. The molecule has 1 aliphatic carbocycles. The van der Waals surface area contributed by atoms with E-state index in [4.69, 9.17) is 0 Å². The van der Waals surface area contributed by atoms with Gasteiger partial charge in [-0.1, -0.05) is 70.5 Å². The number of fused-ring (bicyclic) bond motifs is 2. The van der Waals surface area contributed by atoms with E-state index in [0.29, 0.717) is 0 Å². The van der Waals surface area contributed by atoms with Crippen LogP contribution >= 0.6 is 15.9 Å². The molecule has 102 valence electrons. The van der Waals surface area contributed by atoms with Crippen molar-refractivity contribution < 1.29 is 0 Å². The van der Waals surface area contributed by atoms with Gasteiger partial charge in [0.05, 0.1) is 0 Å². The molecule has 1 aliphatic rings. The third-order valence-electron chi connectivity index (χ3n) is 4.35. The first-order valence-corrected chi connectivity index (χ1v) is 8.01. The lowest BCUT2D eigenvalue weighted by Gasteiger charge is -2.14. The van der Waals surface area contributed by atoms with Gasteiger partial charge in [-0.25, -0.2) is 0 Å². The summed E-state index contributed by atoms with van der Waals surface area (Å²) in [6, 6.07) is 19.6. The molecule has 0 aromatic heterocycles. The minimum Gasteiger partial charge on any atom is -0.0765 e. The standard InChI is InChI=1S/C20H15Br/c1-13-9-10-18-17(11-12-19(21)20(13)18)16-8-4-6-14-5-2-3-7-15(14)16/h2-9,11-12H,10H2,1H3. The van der Waals surface area contributed by atoms with Crippen LogP contribution < -0.4 is 0 Å². The van der Waals surface area contributed by atoms with Gasteiger partial charge in [0.25, 0.3) is 0 Å². The highest BCUT2D eigenvalue weighted by molar-refractivity contribution is 9.10. The van der Waals surface area contributed by atoms with Crippen LogP contribution in [-0.4, -0.2) is 0 Å². The Morgan fingerprint density at radius 2 is 1.67 bits per heavy atom. The van der Waals surface area contributed by atoms with E-state index in [-0.39, 0.29) is 0 Å². The van der Waals surface area contributed by atoms with Crippen LogP contribution in [0.2, 0.25) is 0 Å². The molecular formula is C20H15Br. The van der Waals surface area contributed by atoms with Crippen LogP contribution in [0.25, 0.3) is 27.5 Å². The van der Waals surface area contributed by atoms with Crippen molar-refractivity contribution >= 4 is 32.3 Å². The molecule has 0 fully saturated rings. The molecule has 0 N–H and O–H groups in total. The summed E-state index contributed by atoms with van der Waals surface area (Å²) in [5.41, 5.74) is 6.88. The second-order valence-electron chi connectivity index (χ2n) is 5.57. The lowest BCUT2D eigenvalue weighted by Crippen LogP contribution is -1.92. The lowest BCUT2D eigenvalue weighted by atomic mass is 9.92. The van der Waals surface area contributed by atoms with Crippen molar-refractivity contribution in [3.8, 4) is 11.1 Å². The average molecular weight is 335 g/mol. The first-order chi connectivity index (χ1) is 10.3. The summed E-state index contributed by atoms with van der Waals surface area (Å²) in [5.74, 6) is 0. The zero-order chi connectivity index (χ0) is 14.4. The Balaban J connectivity index is 2.04. The van der Waals surface area contributed by atoms with Gasteiger partial charge < -0.3 is 0 Å². The predicted octanol–water partition coefficient (Wildman–Crippen LogP) is 6.23. The maximum atomic E-state index is 3.70. The third-order valence-corrected chi connectivity index (χ3v) is 5.01. The summed E-state index contributed by atoms with van der Waals surface area (Å²) >= 11 is 3.70. The van der Waals surface area contributed by atoms with Crippen LogP contribution in [-0.2, 0) is 6.42 Å². The van der Waals surface area contributed by atoms with Gasteiger partial charge in [-0.05, 0) is 58.0 Å².